The minimum absolute atomic E-state index is 0.141. The average Bonchev–Trinajstić information content (AvgIpc) is 2.67. The molecule has 0 rings (SSSR count). The zero-order chi connectivity index (χ0) is 21.5. The van der Waals surface area contributed by atoms with Gasteiger partial charge in [0.05, 0.1) is 5.60 Å². The summed E-state index contributed by atoms with van der Waals surface area (Å²) in [5, 5.41) is 3.02. The van der Waals surface area contributed by atoms with Gasteiger partial charge in [-0.15, -0.1) is 0 Å². The molecule has 0 bridgehead atoms. The van der Waals surface area contributed by atoms with E-state index in [0.717, 1.165) is 19.4 Å². The van der Waals surface area contributed by atoms with E-state index >= 15 is 0 Å². The van der Waals surface area contributed by atoms with Gasteiger partial charge in [-0.3, -0.25) is 4.79 Å². The molecular formula is C25H53NO2. The fourth-order valence-corrected chi connectivity index (χ4v) is 3.36. The predicted octanol–water partition coefficient (Wildman–Crippen LogP) is 7.82. The molecule has 0 radical (unpaired) electrons. The Hall–Kier alpha value is -0.570. The molecule has 0 aromatic rings. The van der Waals surface area contributed by atoms with Crippen molar-refractivity contribution in [2.24, 2.45) is 0 Å². The maximum atomic E-state index is 11.8. The van der Waals surface area contributed by atoms with E-state index in [4.69, 9.17) is 4.74 Å². The smallest absolute Gasteiger partial charge is 0.219 e. The van der Waals surface area contributed by atoms with Crippen molar-refractivity contribution in [3.8, 4) is 0 Å². The summed E-state index contributed by atoms with van der Waals surface area (Å²) in [5.74, 6) is 0.195. The molecule has 0 aliphatic rings. The zero-order valence-electron chi connectivity index (χ0n) is 20.3. The third kappa shape index (κ3) is 23.5. The van der Waals surface area contributed by atoms with Crippen molar-refractivity contribution in [2.75, 3.05) is 13.2 Å². The van der Waals surface area contributed by atoms with Crippen molar-refractivity contribution in [3.63, 3.8) is 0 Å². The summed E-state index contributed by atoms with van der Waals surface area (Å²) >= 11 is 0. The Morgan fingerprint density at radius 2 is 1.18 bits per heavy atom. The number of rotatable bonds is 19. The number of carbonyl (C=O) groups excluding carboxylic acids is 1. The third-order valence-electron chi connectivity index (χ3n) is 5.09. The second-order valence-corrected chi connectivity index (χ2v) is 8.29. The molecular weight excluding hydrogens is 346 g/mol. The van der Waals surface area contributed by atoms with E-state index in [0.29, 0.717) is 13.0 Å². The van der Waals surface area contributed by atoms with Crippen molar-refractivity contribution in [1.29, 1.82) is 0 Å². The van der Waals surface area contributed by atoms with Gasteiger partial charge in [-0.05, 0) is 33.6 Å². The van der Waals surface area contributed by atoms with Crippen LogP contribution in [-0.2, 0) is 9.53 Å². The summed E-state index contributed by atoms with van der Waals surface area (Å²) in [6, 6.07) is 0. The normalized spacial score (nSPS) is 11.1. The standard InChI is InChI=1S/C23H47NO2.C2H6/c1-5-7-8-9-10-11-12-13-14-15-16-17-18-19-22(25)24-21-20-23(3,4)26-6-2;1-2/h5-21H2,1-4H3,(H,24,25);1-2H3. The van der Waals surface area contributed by atoms with Crippen LogP contribution in [0.5, 0.6) is 0 Å². The second kappa shape index (κ2) is 22.7. The molecule has 3 nitrogen and oxygen atoms in total. The lowest BCUT2D eigenvalue weighted by atomic mass is 10.0. The zero-order valence-corrected chi connectivity index (χ0v) is 20.3. The highest BCUT2D eigenvalue weighted by atomic mass is 16.5. The first-order valence-corrected chi connectivity index (χ1v) is 12.4. The number of unbranched alkanes of at least 4 members (excludes halogenated alkanes) is 12. The van der Waals surface area contributed by atoms with E-state index in [2.05, 4.69) is 26.1 Å². The first kappa shape index (κ1) is 29.6. The summed E-state index contributed by atoms with van der Waals surface area (Å²) < 4.78 is 5.64. The molecule has 0 spiro atoms. The minimum Gasteiger partial charge on any atom is -0.376 e. The average molecular weight is 400 g/mol. The summed E-state index contributed by atoms with van der Waals surface area (Å²) in [4.78, 5) is 11.8. The molecule has 1 amide bonds. The van der Waals surface area contributed by atoms with Crippen molar-refractivity contribution in [1.82, 2.24) is 5.32 Å². The van der Waals surface area contributed by atoms with Gasteiger partial charge in [0.15, 0.2) is 0 Å². The van der Waals surface area contributed by atoms with Crippen LogP contribution in [0.4, 0.5) is 0 Å². The van der Waals surface area contributed by atoms with Crippen molar-refractivity contribution in [3.05, 3.63) is 0 Å². The van der Waals surface area contributed by atoms with Crippen LogP contribution in [0.2, 0.25) is 0 Å². The molecule has 170 valence electrons. The molecule has 0 aromatic heterocycles. The molecule has 0 heterocycles. The van der Waals surface area contributed by atoms with Crippen LogP contribution < -0.4 is 5.32 Å². The first-order valence-electron chi connectivity index (χ1n) is 12.4. The molecule has 0 saturated heterocycles. The maximum absolute atomic E-state index is 11.8. The van der Waals surface area contributed by atoms with Gasteiger partial charge >= 0.3 is 0 Å². The van der Waals surface area contributed by atoms with Gasteiger partial charge < -0.3 is 10.1 Å². The fraction of sp³-hybridized carbons (Fsp3) is 0.960. The molecule has 0 atom stereocenters. The first-order chi connectivity index (χ1) is 13.5. The number of hydrogen-bond donors (Lipinski definition) is 1. The number of carbonyl (C=O) groups is 1. The fourth-order valence-electron chi connectivity index (χ4n) is 3.36. The Morgan fingerprint density at radius 3 is 1.61 bits per heavy atom. The lowest BCUT2D eigenvalue weighted by molar-refractivity contribution is -0.121. The van der Waals surface area contributed by atoms with E-state index < -0.39 is 0 Å². The Labute approximate surface area is 177 Å². The molecule has 0 aliphatic heterocycles. The van der Waals surface area contributed by atoms with Gasteiger partial charge in [0.25, 0.3) is 0 Å². The van der Waals surface area contributed by atoms with E-state index in [1.807, 2.05) is 20.8 Å². The van der Waals surface area contributed by atoms with Gasteiger partial charge in [-0.1, -0.05) is 97.8 Å². The predicted molar refractivity (Wildman–Crippen MR) is 125 cm³/mol. The molecule has 0 saturated carbocycles. The SMILES string of the molecule is CC.CCCCCCCCCCCCCCCC(=O)NCCC(C)(C)OCC. The Balaban J connectivity index is 0. The van der Waals surface area contributed by atoms with E-state index in [1.54, 1.807) is 0 Å². The van der Waals surface area contributed by atoms with Crippen molar-refractivity contribution < 1.29 is 9.53 Å². The Bertz CT molecular complexity index is 316. The van der Waals surface area contributed by atoms with E-state index in [9.17, 15) is 4.79 Å². The second-order valence-electron chi connectivity index (χ2n) is 8.29. The summed E-state index contributed by atoms with van der Waals surface area (Å²) in [6.45, 7) is 13.9. The number of amides is 1. The maximum Gasteiger partial charge on any atom is 0.219 e. The lowest BCUT2D eigenvalue weighted by Crippen LogP contribution is -2.32. The quantitative estimate of drug-likeness (QED) is 0.225. The van der Waals surface area contributed by atoms with Gasteiger partial charge in [-0.2, -0.15) is 0 Å². The van der Waals surface area contributed by atoms with E-state index in [-0.39, 0.29) is 11.5 Å². The Kier molecular flexibility index (Phi) is 24.0. The lowest BCUT2D eigenvalue weighted by Gasteiger charge is -2.24. The van der Waals surface area contributed by atoms with Crippen LogP contribution in [0.1, 0.15) is 138 Å². The summed E-state index contributed by atoms with van der Waals surface area (Å²) in [7, 11) is 0. The molecule has 0 aliphatic carbocycles. The van der Waals surface area contributed by atoms with Crippen LogP contribution >= 0.6 is 0 Å². The highest BCUT2D eigenvalue weighted by Crippen LogP contribution is 2.14. The van der Waals surface area contributed by atoms with E-state index in [1.165, 1.54) is 77.0 Å². The van der Waals surface area contributed by atoms with Crippen LogP contribution in [-0.4, -0.2) is 24.7 Å². The molecule has 28 heavy (non-hydrogen) atoms. The Morgan fingerprint density at radius 1 is 0.750 bits per heavy atom. The number of ether oxygens (including phenoxy) is 1. The topological polar surface area (TPSA) is 38.3 Å². The molecule has 0 unspecified atom stereocenters. The van der Waals surface area contributed by atoms with Gasteiger partial charge in [0, 0.05) is 19.6 Å². The van der Waals surface area contributed by atoms with Crippen molar-refractivity contribution >= 4 is 5.91 Å². The number of nitrogens with one attached hydrogen (secondary N) is 1. The molecule has 0 fully saturated rings. The highest BCUT2D eigenvalue weighted by Gasteiger charge is 2.17. The van der Waals surface area contributed by atoms with Crippen LogP contribution in [0.25, 0.3) is 0 Å². The highest BCUT2D eigenvalue weighted by molar-refractivity contribution is 5.75. The molecule has 1 N–H and O–H groups in total. The van der Waals surface area contributed by atoms with Gasteiger partial charge in [0.2, 0.25) is 5.91 Å². The summed E-state index contributed by atoms with van der Waals surface area (Å²) in [5.41, 5.74) is -0.141. The van der Waals surface area contributed by atoms with Gasteiger partial charge in [-0.25, -0.2) is 0 Å². The third-order valence-corrected chi connectivity index (χ3v) is 5.09. The van der Waals surface area contributed by atoms with Crippen LogP contribution in [0.15, 0.2) is 0 Å². The summed E-state index contributed by atoms with van der Waals surface area (Å²) in [6.07, 6.45) is 19.0. The largest absolute Gasteiger partial charge is 0.376 e. The van der Waals surface area contributed by atoms with Crippen LogP contribution in [0, 0.1) is 0 Å². The minimum atomic E-state index is -0.141. The molecule has 0 aromatic carbocycles. The monoisotopic (exact) mass is 399 g/mol. The molecule has 3 heteroatoms. The van der Waals surface area contributed by atoms with Gasteiger partial charge in [0.1, 0.15) is 0 Å². The van der Waals surface area contributed by atoms with Crippen LogP contribution in [0.3, 0.4) is 0 Å². The van der Waals surface area contributed by atoms with Crippen molar-refractivity contribution in [2.45, 2.75) is 143 Å². The number of hydrogen-bond acceptors (Lipinski definition) is 2.